The first-order chi connectivity index (χ1) is 11.0. The molecule has 2 N–H and O–H groups in total. The van der Waals surface area contributed by atoms with Gasteiger partial charge in [0.05, 0.1) is 23.8 Å². The molecule has 0 saturated carbocycles. The van der Waals surface area contributed by atoms with Gasteiger partial charge in [-0.2, -0.15) is 16.7 Å². The van der Waals surface area contributed by atoms with E-state index in [-0.39, 0.29) is 12.3 Å². The van der Waals surface area contributed by atoms with Gasteiger partial charge in [0.1, 0.15) is 0 Å². The second kappa shape index (κ2) is 6.48. The molecule has 1 amide bonds. The van der Waals surface area contributed by atoms with Crippen LogP contribution in [-0.2, 0) is 21.9 Å². The Kier molecular flexibility index (Phi) is 4.58. The van der Waals surface area contributed by atoms with Crippen LogP contribution in [0.15, 0.2) is 4.52 Å². The summed E-state index contributed by atoms with van der Waals surface area (Å²) < 4.78 is 5.23. The van der Waals surface area contributed by atoms with E-state index in [1.54, 1.807) is 11.8 Å². The summed E-state index contributed by atoms with van der Waals surface area (Å²) >= 11 is 1.64. The minimum absolute atomic E-state index is 0.0804. The van der Waals surface area contributed by atoms with E-state index in [2.05, 4.69) is 20.4 Å². The van der Waals surface area contributed by atoms with Crippen LogP contribution in [-0.4, -0.2) is 56.9 Å². The second-order valence-corrected chi connectivity index (χ2v) is 6.98. The maximum atomic E-state index is 11.6. The minimum atomic E-state index is -0.893. The third-order valence-corrected chi connectivity index (χ3v) is 5.18. The van der Waals surface area contributed by atoms with Crippen LogP contribution in [0.2, 0.25) is 0 Å². The van der Waals surface area contributed by atoms with Gasteiger partial charge in [-0.3, -0.25) is 14.5 Å². The Morgan fingerprint density at radius 2 is 2.26 bits per heavy atom. The fraction of sp³-hybridized carbons (Fsp3) is 0.714. The predicted molar refractivity (Wildman–Crippen MR) is 82.6 cm³/mol. The first kappa shape index (κ1) is 16.3. The lowest BCUT2D eigenvalue weighted by atomic mass is 9.78. The highest BCUT2D eigenvalue weighted by molar-refractivity contribution is 7.97. The smallest absolute Gasteiger partial charge is 0.309 e. The topological polar surface area (TPSA) is 109 Å². The average molecular weight is 340 g/mol. The van der Waals surface area contributed by atoms with E-state index < -0.39 is 17.4 Å². The highest BCUT2D eigenvalue weighted by Crippen LogP contribution is 2.37. The first-order valence-corrected chi connectivity index (χ1v) is 8.98. The van der Waals surface area contributed by atoms with Crippen molar-refractivity contribution in [1.82, 2.24) is 20.4 Å². The number of carboxylic acid groups (broad SMARTS) is 1. The Morgan fingerprint density at radius 3 is 2.91 bits per heavy atom. The number of hydrogen-bond donors (Lipinski definition) is 2. The fourth-order valence-electron chi connectivity index (χ4n) is 3.44. The molecule has 126 valence electrons. The molecule has 9 heteroatoms. The molecule has 2 aliphatic rings. The zero-order valence-corrected chi connectivity index (χ0v) is 13.8. The molecule has 2 aliphatic heterocycles. The molecule has 1 spiro atoms. The number of hydrogen-bond acceptors (Lipinski definition) is 7. The number of carboxylic acids is 1. The molecule has 0 aromatic carbocycles. The van der Waals surface area contributed by atoms with Gasteiger partial charge >= 0.3 is 5.97 Å². The van der Waals surface area contributed by atoms with E-state index in [9.17, 15) is 14.7 Å². The highest BCUT2D eigenvalue weighted by atomic mass is 32.2. The minimum Gasteiger partial charge on any atom is -0.481 e. The van der Waals surface area contributed by atoms with Gasteiger partial charge in [0.2, 0.25) is 11.8 Å². The molecule has 23 heavy (non-hydrogen) atoms. The molecule has 1 atom stereocenters. The number of aromatic nitrogens is 2. The van der Waals surface area contributed by atoms with Crippen LogP contribution in [0.4, 0.5) is 0 Å². The molecule has 1 aromatic heterocycles. The molecule has 3 rings (SSSR count). The van der Waals surface area contributed by atoms with E-state index in [0.29, 0.717) is 44.2 Å². The number of likely N-dealkylation sites (tertiary alicyclic amines) is 1. The lowest BCUT2D eigenvalue weighted by molar-refractivity contribution is -0.144. The third-order valence-electron chi connectivity index (χ3n) is 4.63. The fourth-order valence-corrected chi connectivity index (χ4v) is 3.81. The van der Waals surface area contributed by atoms with Gasteiger partial charge in [0.25, 0.3) is 0 Å². The predicted octanol–water partition coefficient (Wildman–Crippen LogP) is 0.488. The van der Waals surface area contributed by atoms with Crippen LogP contribution in [0.1, 0.15) is 31.0 Å². The summed E-state index contributed by atoms with van der Waals surface area (Å²) in [5, 5.41) is 16.2. The molecule has 2 fully saturated rings. The molecular weight excluding hydrogens is 320 g/mol. The first-order valence-electron chi connectivity index (χ1n) is 7.59. The van der Waals surface area contributed by atoms with Crippen LogP contribution in [0.25, 0.3) is 0 Å². The van der Waals surface area contributed by atoms with Crippen molar-refractivity contribution in [3.8, 4) is 0 Å². The van der Waals surface area contributed by atoms with Crippen LogP contribution in [0.5, 0.6) is 0 Å². The third kappa shape index (κ3) is 3.35. The Hall–Kier alpha value is -1.61. The summed E-state index contributed by atoms with van der Waals surface area (Å²) in [5.41, 5.74) is -0.599. The maximum absolute atomic E-state index is 11.6. The van der Waals surface area contributed by atoms with Crippen molar-refractivity contribution in [3.05, 3.63) is 11.7 Å². The Balaban J connectivity index is 1.59. The summed E-state index contributed by atoms with van der Waals surface area (Å²) in [6.45, 7) is 1.96. The zero-order chi connectivity index (χ0) is 16.4. The molecule has 0 bridgehead atoms. The quantitative estimate of drug-likeness (QED) is 0.797. The number of carbonyl (C=O) groups is 2. The average Bonchev–Trinajstić information content (AvgIpc) is 3.07. The molecule has 3 heterocycles. The van der Waals surface area contributed by atoms with E-state index in [1.165, 1.54) is 0 Å². The Bertz CT molecular complexity index is 597. The Morgan fingerprint density at radius 1 is 1.52 bits per heavy atom. The van der Waals surface area contributed by atoms with Crippen molar-refractivity contribution >= 4 is 23.6 Å². The van der Waals surface area contributed by atoms with Gasteiger partial charge in [-0.05, 0) is 19.1 Å². The molecule has 0 aliphatic carbocycles. The van der Waals surface area contributed by atoms with E-state index in [4.69, 9.17) is 4.52 Å². The van der Waals surface area contributed by atoms with Crippen molar-refractivity contribution in [1.29, 1.82) is 0 Å². The van der Waals surface area contributed by atoms with Crippen LogP contribution in [0, 0.1) is 5.92 Å². The molecular formula is C14H20N4O4S. The van der Waals surface area contributed by atoms with Crippen molar-refractivity contribution < 1.29 is 19.2 Å². The largest absolute Gasteiger partial charge is 0.481 e. The maximum Gasteiger partial charge on any atom is 0.309 e. The monoisotopic (exact) mass is 340 g/mol. The lowest BCUT2D eigenvalue weighted by Crippen LogP contribution is -2.55. The lowest BCUT2D eigenvalue weighted by Gasteiger charge is -2.41. The Labute approximate surface area is 138 Å². The van der Waals surface area contributed by atoms with E-state index in [1.807, 2.05) is 6.26 Å². The molecule has 1 aromatic rings. The number of nitrogens with zero attached hydrogens (tertiary/aromatic N) is 3. The molecule has 1 unspecified atom stereocenters. The number of carbonyl (C=O) groups excluding carboxylic acids is 1. The van der Waals surface area contributed by atoms with Gasteiger partial charge in [-0.25, -0.2) is 0 Å². The summed E-state index contributed by atoms with van der Waals surface area (Å²) in [6.07, 6.45) is 3.31. The van der Waals surface area contributed by atoms with Gasteiger partial charge in [0.15, 0.2) is 5.82 Å². The second-order valence-electron chi connectivity index (χ2n) is 6.11. The molecule has 0 radical (unpaired) electrons. The molecule has 2 saturated heterocycles. The van der Waals surface area contributed by atoms with Gasteiger partial charge in [-0.15, -0.1) is 0 Å². The summed E-state index contributed by atoms with van der Waals surface area (Å²) in [5.74, 6) is 0.303. The van der Waals surface area contributed by atoms with E-state index >= 15 is 0 Å². The summed E-state index contributed by atoms with van der Waals surface area (Å²) in [4.78, 5) is 29.6. The highest BCUT2D eigenvalue weighted by Gasteiger charge is 2.51. The van der Waals surface area contributed by atoms with Gasteiger partial charge in [-0.1, -0.05) is 5.16 Å². The molecule has 8 nitrogen and oxygen atoms in total. The van der Waals surface area contributed by atoms with Crippen molar-refractivity contribution in [3.63, 3.8) is 0 Å². The number of thioether (sulfide) groups is 1. The van der Waals surface area contributed by atoms with Crippen LogP contribution < -0.4 is 5.32 Å². The van der Waals surface area contributed by atoms with Crippen LogP contribution in [0.3, 0.4) is 0 Å². The van der Waals surface area contributed by atoms with E-state index in [0.717, 1.165) is 5.75 Å². The standard InChI is InChI=1S/C14H20N4O4S/c1-23-8-10-15-12(22-17-10)7-18-4-2-14(3-5-18)9(13(20)21)6-11(19)16-14/h9H,2-8H2,1H3,(H,16,19)(H,20,21). The summed E-state index contributed by atoms with van der Waals surface area (Å²) in [7, 11) is 0. The normalized spacial score (nSPS) is 24.0. The van der Waals surface area contributed by atoms with Crippen molar-refractivity contribution in [2.75, 3.05) is 19.3 Å². The van der Waals surface area contributed by atoms with Crippen LogP contribution >= 0.6 is 11.8 Å². The number of nitrogens with one attached hydrogen (secondary N) is 1. The number of rotatable bonds is 5. The van der Waals surface area contributed by atoms with Crippen molar-refractivity contribution in [2.24, 2.45) is 5.92 Å². The SMILES string of the molecule is CSCc1noc(CN2CCC3(CC2)NC(=O)CC3C(=O)O)n1. The van der Waals surface area contributed by atoms with Gasteiger partial charge < -0.3 is 14.9 Å². The number of amides is 1. The summed E-state index contributed by atoms with van der Waals surface area (Å²) in [6, 6.07) is 0. The zero-order valence-electron chi connectivity index (χ0n) is 12.9. The van der Waals surface area contributed by atoms with Crippen molar-refractivity contribution in [2.45, 2.75) is 37.1 Å². The number of aliphatic carboxylic acids is 1. The van der Waals surface area contributed by atoms with Gasteiger partial charge in [0, 0.05) is 19.5 Å². The number of piperidine rings is 1.